The molecule has 0 saturated carbocycles. The molecule has 0 saturated heterocycles. The molecule has 0 aromatic carbocycles. The second kappa shape index (κ2) is 2.95. The minimum atomic E-state index is 0.267. The van der Waals surface area contributed by atoms with Gasteiger partial charge in [0.2, 0.25) is 0 Å². The van der Waals surface area contributed by atoms with Crippen molar-refractivity contribution in [3.05, 3.63) is 23.5 Å². The first kappa shape index (κ1) is 7.88. The number of ketones is 1. The molecule has 1 aromatic heterocycles. The number of aromatic nitrogens is 1. The van der Waals surface area contributed by atoms with E-state index >= 15 is 0 Å². The topological polar surface area (TPSA) is 30.0 Å². The molecule has 0 spiro atoms. The number of fused-ring (bicyclic) bond motifs is 1. The number of hydrogen-bond acceptors (Lipinski definition) is 2. The van der Waals surface area contributed by atoms with Crippen LogP contribution >= 0.6 is 9.24 Å². The van der Waals surface area contributed by atoms with Crippen LogP contribution in [0.5, 0.6) is 0 Å². The Kier molecular flexibility index (Phi) is 1.93. The van der Waals surface area contributed by atoms with Gasteiger partial charge in [-0.15, -0.1) is 9.24 Å². The van der Waals surface area contributed by atoms with Crippen molar-refractivity contribution >= 4 is 20.3 Å². The monoisotopic (exact) mass is 179 g/mol. The standard InChI is InChI=1S/C9H10NOP/c11-7-3-1-2-6-4-10-5-8(12)9(6)7/h4-5H,1-3,12H2. The summed E-state index contributed by atoms with van der Waals surface area (Å²) in [5.74, 6) is 0.267. The van der Waals surface area contributed by atoms with Gasteiger partial charge in [0, 0.05) is 24.4 Å². The lowest BCUT2D eigenvalue weighted by Gasteiger charge is -2.15. The smallest absolute Gasteiger partial charge is 0.163 e. The lowest BCUT2D eigenvalue weighted by atomic mass is 9.92. The predicted octanol–water partition coefficient (Wildman–Crippen LogP) is 1.10. The third-order valence-electron chi connectivity index (χ3n) is 2.18. The van der Waals surface area contributed by atoms with Crippen LogP contribution < -0.4 is 5.30 Å². The van der Waals surface area contributed by atoms with Crippen molar-refractivity contribution in [2.45, 2.75) is 19.3 Å². The fraction of sp³-hybridized carbons (Fsp3) is 0.333. The first-order valence-electron chi connectivity index (χ1n) is 4.04. The number of carbonyl (C=O) groups excluding carboxylic acids is 1. The van der Waals surface area contributed by atoms with Gasteiger partial charge in [0.05, 0.1) is 0 Å². The van der Waals surface area contributed by atoms with E-state index in [1.165, 1.54) is 0 Å². The molecule has 0 radical (unpaired) electrons. The molecule has 0 N–H and O–H groups in total. The molecule has 3 heteroatoms. The van der Waals surface area contributed by atoms with Crippen molar-refractivity contribution in [2.75, 3.05) is 0 Å². The van der Waals surface area contributed by atoms with E-state index in [1.807, 2.05) is 0 Å². The molecule has 1 atom stereocenters. The Morgan fingerprint density at radius 3 is 2.92 bits per heavy atom. The Morgan fingerprint density at radius 2 is 2.17 bits per heavy atom. The van der Waals surface area contributed by atoms with Gasteiger partial charge in [0.25, 0.3) is 0 Å². The van der Waals surface area contributed by atoms with Gasteiger partial charge in [0.1, 0.15) is 0 Å². The Morgan fingerprint density at radius 1 is 1.33 bits per heavy atom. The van der Waals surface area contributed by atoms with Gasteiger partial charge < -0.3 is 0 Å². The molecule has 0 fully saturated rings. The number of Topliss-reactive ketones (excluding diaryl/α,β-unsaturated/α-hetero) is 1. The van der Waals surface area contributed by atoms with Crippen LogP contribution in [0.2, 0.25) is 0 Å². The highest BCUT2D eigenvalue weighted by Crippen LogP contribution is 2.19. The van der Waals surface area contributed by atoms with E-state index in [0.29, 0.717) is 6.42 Å². The van der Waals surface area contributed by atoms with Crippen LogP contribution in [0.1, 0.15) is 28.8 Å². The molecule has 62 valence electrons. The lowest BCUT2D eigenvalue weighted by molar-refractivity contribution is 0.0973. The highest BCUT2D eigenvalue weighted by molar-refractivity contribution is 7.27. The maximum absolute atomic E-state index is 11.5. The summed E-state index contributed by atoms with van der Waals surface area (Å²) >= 11 is 0. The molecule has 1 aliphatic carbocycles. The summed E-state index contributed by atoms with van der Waals surface area (Å²) in [4.78, 5) is 15.5. The van der Waals surface area contributed by atoms with Crippen LogP contribution in [0.3, 0.4) is 0 Å². The first-order chi connectivity index (χ1) is 5.79. The largest absolute Gasteiger partial charge is 0.294 e. The number of hydrogen-bond donors (Lipinski definition) is 0. The van der Waals surface area contributed by atoms with Crippen LogP contribution in [-0.2, 0) is 6.42 Å². The van der Waals surface area contributed by atoms with Gasteiger partial charge in [-0.25, -0.2) is 0 Å². The molecule has 12 heavy (non-hydrogen) atoms. The zero-order chi connectivity index (χ0) is 8.55. The molecule has 1 aromatic rings. The van der Waals surface area contributed by atoms with Crippen LogP contribution in [0.4, 0.5) is 0 Å². The third-order valence-corrected chi connectivity index (χ3v) is 2.62. The zero-order valence-electron chi connectivity index (χ0n) is 6.71. The highest BCUT2D eigenvalue weighted by Gasteiger charge is 2.18. The van der Waals surface area contributed by atoms with Crippen molar-refractivity contribution in [1.29, 1.82) is 0 Å². The summed E-state index contributed by atoms with van der Waals surface area (Å²) in [5.41, 5.74) is 2.00. The summed E-state index contributed by atoms with van der Waals surface area (Å²) < 4.78 is 0. The highest BCUT2D eigenvalue weighted by atomic mass is 31.0. The second-order valence-electron chi connectivity index (χ2n) is 3.04. The molecule has 2 rings (SSSR count). The van der Waals surface area contributed by atoms with E-state index in [1.54, 1.807) is 12.4 Å². The van der Waals surface area contributed by atoms with E-state index in [0.717, 1.165) is 29.3 Å². The molecule has 0 bridgehead atoms. The second-order valence-corrected chi connectivity index (χ2v) is 3.66. The number of pyridine rings is 1. The van der Waals surface area contributed by atoms with Gasteiger partial charge in [-0.3, -0.25) is 9.78 Å². The van der Waals surface area contributed by atoms with Crippen molar-refractivity contribution in [1.82, 2.24) is 4.98 Å². The van der Waals surface area contributed by atoms with Crippen LogP contribution in [0, 0.1) is 0 Å². The van der Waals surface area contributed by atoms with Crippen molar-refractivity contribution in [3.8, 4) is 0 Å². The number of nitrogens with zero attached hydrogens (tertiary/aromatic N) is 1. The SMILES string of the molecule is O=C1CCCc2cncc(P)c21. The first-order valence-corrected chi connectivity index (χ1v) is 4.62. The summed E-state index contributed by atoms with van der Waals surface area (Å²) in [6.07, 6.45) is 6.20. The number of aryl methyl sites for hydroxylation is 1. The minimum Gasteiger partial charge on any atom is -0.294 e. The molecular weight excluding hydrogens is 169 g/mol. The summed E-state index contributed by atoms with van der Waals surface area (Å²) in [7, 11) is 2.57. The normalized spacial score (nSPS) is 15.9. The average Bonchev–Trinajstić information content (AvgIpc) is 2.04. The van der Waals surface area contributed by atoms with Gasteiger partial charge in [-0.2, -0.15) is 0 Å². The molecular formula is C9H10NOP. The molecule has 1 unspecified atom stereocenters. The molecule has 1 heterocycles. The third kappa shape index (κ3) is 1.16. The Balaban J connectivity index is 2.60. The van der Waals surface area contributed by atoms with E-state index in [-0.39, 0.29) is 5.78 Å². The minimum absolute atomic E-state index is 0.267. The fourth-order valence-corrected chi connectivity index (χ4v) is 2.05. The van der Waals surface area contributed by atoms with Gasteiger partial charge >= 0.3 is 0 Å². The summed E-state index contributed by atoms with van der Waals surface area (Å²) in [5, 5.41) is 0.942. The van der Waals surface area contributed by atoms with E-state index in [9.17, 15) is 4.79 Å². The lowest BCUT2D eigenvalue weighted by Crippen LogP contribution is -2.18. The molecule has 2 nitrogen and oxygen atoms in total. The predicted molar refractivity (Wildman–Crippen MR) is 50.8 cm³/mol. The Labute approximate surface area is 73.6 Å². The van der Waals surface area contributed by atoms with Gasteiger partial charge in [0.15, 0.2) is 5.78 Å². The Bertz CT molecular complexity index is 335. The zero-order valence-corrected chi connectivity index (χ0v) is 7.86. The maximum Gasteiger partial charge on any atom is 0.163 e. The van der Waals surface area contributed by atoms with Gasteiger partial charge in [-0.05, 0) is 23.7 Å². The van der Waals surface area contributed by atoms with Gasteiger partial charge in [-0.1, -0.05) is 0 Å². The summed E-state index contributed by atoms with van der Waals surface area (Å²) in [6, 6.07) is 0. The van der Waals surface area contributed by atoms with Crippen molar-refractivity contribution < 1.29 is 4.79 Å². The maximum atomic E-state index is 11.5. The quantitative estimate of drug-likeness (QED) is 0.558. The van der Waals surface area contributed by atoms with Crippen LogP contribution in [-0.4, -0.2) is 10.8 Å². The van der Waals surface area contributed by atoms with E-state index in [2.05, 4.69) is 14.2 Å². The van der Waals surface area contributed by atoms with Crippen molar-refractivity contribution in [3.63, 3.8) is 0 Å². The van der Waals surface area contributed by atoms with E-state index in [4.69, 9.17) is 0 Å². The van der Waals surface area contributed by atoms with Crippen molar-refractivity contribution in [2.24, 2.45) is 0 Å². The molecule has 0 aliphatic heterocycles. The Hall–Kier alpha value is -0.750. The summed E-state index contributed by atoms with van der Waals surface area (Å²) in [6.45, 7) is 0. The number of carbonyl (C=O) groups is 1. The van der Waals surface area contributed by atoms with Crippen LogP contribution in [0.15, 0.2) is 12.4 Å². The number of rotatable bonds is 0. The molecule has 1 aliphatic rings. The van der Waals surface area contributed by atoms with Crippen LogP contribution in [0.25, 0.3) is 0 Å². The average molecular weight is 179 g/mol. The van der Waals surface area contributed by atoms with E-state index < -0.39 is 0 Å². The fourth-order valence-electron chi connectivity index (χ4n) is 1.62. The molecule has 0 amide bonds.